The van der Waals surface area contributed by atoms with E-state index >= 15 is 0 Å². The highest BCUT2D eigenvalue weighted by Crippen LogP contribution is 2.42. The Morgan fingerprint density at radius 2 is 1.86 bits per heavy atom. The molecule has 2 aliphatic rings. The molecular formula is C22H30N6O. The van der Waals surface area contributed by atoms with Gasteiger partial charge in [0.1, 0.15) is 12.1 Å². The lowest BCUT2D eigenvalue weighted by molar-refractivity contribution is -0.139. The van der Waals surface area contributed by atoms with Gasteiger partial charge in [-0.2, -0.15) is 0 Å². The van der Waals surface area contributed by atoms with Gasteiger partial charge in [-0.1, -0.05) is 13.8 Å². The van der Waals surface area contributed by atoms with Crippen LogP contribution in [0.4, 0.5) is 5.82 Å². The lowest BCUT2D eigenvalue weighted by atomic mass is 9.72. The topological polar surface area (TPSA) is 75.1 Å². The average Bonchev–Trinajstić information content (AvgIpc) is 2.73. The van der Waals surface area contributed by atoms with Gasteiger partial charge in [0.2, 0.25) is 5.91 Å². The lowest BCUT2D eigenvalue weighted by Crippen LogP contribution is -2.51. The number of anilines is 1. The van der Waals surface area contributed by atoms with Crippen LogP contribution >= 0.6 is 0 Å². The molecule has 154 valence electrons. The van der Waals surface area contributed by atoms with Crippen molar-refractivity contribution in [3.8, 4) is 0 Å². The highest BCUT2D eigenvalue weighted by molar-refractivity contribution is 5.77. The van der Waals surface area contributed by atoms with Crippen LogP contribution in [-0.2, 0) is 11.3 Å². The summed E-state index contributed by atoms with van der Waals surface area (Å²) in [6.07, 6.45) is 10.9. The van der Waals surface area contributed by atoms with Crippen LogP contribution < -0.4 is 4.90 Å². The summed E-state index contributed by atoms with van der Waals surface area (Å²) >= 11 is 0. The predicted octanol–water partition coefficient (Wildman–Crippen LogP) is 3.11. The molecule has 4 rings (SSSR count). The highest BCUT2D eigenvalue weighted by Gasteiger charge is 2.41. The summed E-state index contributed by atoms with van der Waals surface area (Å²) in [5.74, 6) is 1.71. The molecule has 1 spiro atoms. The molecule has 7 heteroatoms. The van der Waals surface area contributed by atoms with Crippen LogP contribution in [0.25, 0.3) is 0 Å². The van der Waals surface area contributed by atoms with E-state index in [9.17, 15) is 4.79 Å². The molecule has 29 heavy (non-hydrogen) atoms. The number of hydrogen-bond donors (Lipinski definition) is 0. The number of likely N-dealkylation sites (tertiary alicyclic amines) is 1. The third-order valence-electron chi connectivity index (χ3n) is 6.40. The van der Waals surface area contributed by atoms with Gasteiger partial charge in [0.05, 0.1) is 24.1 Å². The third kappa shape index (κ3) is 4.23. The molecule has 4 heterocycles. The summed E-state index contributed by atoms with van der Waals surface area (Å²) in [4.78, 5) is 34.5. The lowest BCUT2D eigenvalue weighted by Gasteiger charge is -2.47. The summed E-state index contributed by atoms with van der Waals surface area (Å²) in [6.45, 7) is 9.62. The van der Waals surface area contributed by atoms with Gasteiger partial charge in [-0.3, -0.25) is 14.8 Å². The van der Waals surface area contributed by atoms with Crippen LogP contribution in [0.1, 0.15) is 62.4 Å². The first-order chi connectivity index (χ1) is 14.0. The van der Waals surface area contributed by atoms with Crippen LogP contribution in [0.3, 0.4) is 0 Å². The molecule has 0 aliphatic carbocycles. The minimum atomic E-state index is 0.202. The Hall–Kier alpha value is -2.57. The standard InChI is InChI=1S/C22H30N6O/c1-16(2)19-12-23-15-26-21(19)27-8-6-22(7-9-27)5-4-20(29)28(14-22)13-18-11-24-17(3)10-25-18/h10-12,15-16H,4-9,13-14H2,1-3H3. The smallest absolute Gasteiger partial charge is 0.222 e. The number of carbonyl (C=O) groups excluding carboxylic acids is 1. The van der Waals surface area contributed by atoms with Gasteiger partial charge in [0, 0.05) is 44.0 Å². The summed E-state index contributed by atoms with van der Waals surface area (Å²) in [5.41, 5.74) is 3.17. The Balaban J connectivity index is 1.44. The molecule has 2 aromatic heterocycles. The first kappa shape index (κ1) is 19.7. The van der Waals surface area contributed by atoms with E-state index in [0.717, 1.165) is 56.1 Å². The van der Waals surface area contributed by atoms with Crippen LogP contribution in [-0.4, -0.2) is 50.4 Å². The van der Waals surface area contributed by atoms with E-state index in [4.69, 9.17) is 0 Å². The van der Waals surface area contributed by atoms with E-state index in [0.29, 0.717) is 18.9 Å². The maximum atomic E-state index is 12.5. The SMILES string of the molecule is Cc1cnc(CN2CC3(CCC2=O)CCN(c2ncncc2C(C)C)CC3)cn1. The monoisotopic (exact) mass is 394 g/mol. The zero-order chi connectivity index (χ0) is 20.4. The first-order valence-electron chi connectivity index (χ1n) is 10.6. The first-order valence-corrected chi connectivity index (χ1v) is 10.6. The molecular weight excluding hydrogens is 364 g/mol. The normalized spacial score (nSPS) is 19.2. The van der Waals surface area contributed by atoms with Gasteiger partial charge >= 0.3 is 0 Å². The molecule has 0 aromatic carbocycles. The van der Waals surface area contributed by atoms with Crippen molar-refractivity contribution in [3.05, 3.63) is 41.9 Å². The molecule has 0 atom stereocenters. The Morgan fingerprint density at radius 1 is 1.07 bits per heavy atom. The molecule has 0 radical (unpaired) electrons. The number of aromatic nitrogens is 4. The quantitative estimate of drug-likeness (QED) is 0.793. The van der Waals surface area contributed by atoms with Crippen molar-refractivity contribution in [1.82, 2.24) is 24.8 Å². The third-order valence-corrected chi connectivity index (χ3v) is 6.40. The molecule has 2 fully saturated rings. The van der Waals surface area contributed by atoms with Crippen LogP contribution in [0.5, 0.6) is 0 Å². The summed E-state index contributed by atoms with van der Waals surface area (Å²) in [6, 6.07) is 0. The Kier molecular flexibility index (Phi) is 5.48. The molecule has 2 aromatic rings. The molecule has 2 saturated heterocycles. The number of nitrogens with zero attached hydrogens (tertiary/aromatic N) is 6. The zero-order valence-corrected chi connectivity index (χ0v) is 17.6. The molecule has 0 saturated carbocycles. The van der Waals surface area contributed by atoms with Crippen molar-refractivity contribution < 1.29 is 4.79 Å². The van der Waals surface area contributed by atoms with Gasteiger partial charge in [-0.05, 0) is 37.5 Å². The van der Waals surface area contributed by atoms with Crippen LogP contribution in [0, 0.1) is 12.3 Å². The summed E-state index contributed by atoms with van der Waals surface area (Å²) < 4.78 is 0. The number of rotatable bonds is 4. The Morgan fingerprint density at radius 3 is 2.55 bits per heavy atom. The van der Waals surface area contributed by atoms with Crippen molar-refractivity contribution in [2.75, 3.05) is 24.5 Å². The van der Waals surface area contributed by atoms with Crippen LogP contribution in [0.15, 0.2) is 24.9 Å². The highest BCUT2D eigenvalue weighted by atomic mass is 16.2. The van der Waals surface area contributed by atoms with E-state index in [-0.39, 0.29) is 11.3 Å². The van der Waals surface area contributed by atoms with E-state index in [1.807, 2.05) is 18.0 Å². The average molecular weight is 395 g/mol. The second-order valence-corrected chi connectivity index (χ2v) is 8.84. The maximum absolute atomic E-state index is 12.5. The number of carbonyl (C=O) groups is 1. The number of aryl methyl sites for hydroxylation is 1. The molecule has 0 bridgehead atoms. The number of hydrogen-bond acceptors (Lipinski definition) is 6. The summed E-state index contributed by atoms with van der Waals surface area (Å²) in [5, 5.41) is 0. The van der Waals surface area contributed by atoms with E-state index in [1.165, 1.54) is 5.56 Å². The molecule has 0 unspecified atom stereocenters. The van der Waals surface area contributed by atoms with E-state index < -0.39 is 0 Å². The Labute approximate surface area is 172 Å². The number of piperidine rings is 2. The van der Waals surface area contributed by atoms with Crippen LogP contribution in [0.2, 0.25) is 0 Å². The molecule has 2 aliphatic heterocycles. The van der Waals surface area contributed by atoms with Crippen molar-refractivity contribution in [1.29, 1.82) is 0 Å². The second-order valence-electron chi connectivity index (χ2n) is 8.84. The predicted molar refractivity (Wildman–Crippen MR) is 111 cm³/mol. The largest absolute Gasteiger partial charge is 0.356 e. The maximum Gasteiger partial charge on any atom is 0.222 e. The molecule has 1 amide bonds. The fourth-order valence-corrected chi connectivity index (χ4v) is 4.55. The molecule has 0 N–H and O–H groups in total. The van der Waals surface area contributed by atoms with Crippen molar-refractivity contribution >= 4 is 11.7 Å². The van der Waals surface area contributed by atoms with Gasteiger partial charge in [0.15, 0.2) is 0 Å². The van der Waals surface area contributed by atoms with Gasteiger partial charge < -0.3 is 9.80 Å². The van der Waals surface area contributed by atoms with Gasteiger partial charge in [-0.15, -0.1) is 0 Å². The number of amides is 1. The Bertz CT molecular complexity index is 858. The van der Waals surface area contributed by atoms with Gasteiger partial charge in [-0.25, -0.2) is 9.97 Å². The van der Waals surface area contributed by atoms with E-state index in [1.54, 1.807) is 18.7 Å². The minimum absolute atomic E-state index is 0.202. The van der Waals surface area contributed by atoms with Gasteiger partial charge in [0.25, 0.3) is 0 Å². The molecule has 7 nitrogen and oxygen atoms in total. The summed E-state index contributed by atoms with van der Waals surface area (Å²) in [7, 11) is 0. The van der Waals surface area contributed by atoms with Crippen molar-refractivity contribution in [3.63, 3.8) is 0 Å². The second kappa shape index (κ2) is 8.05. The van der Waals surface area contributed by atoms with E-state index in [2.05, 4.69) is 38.7 Å². The van der Waals surface area contributed by atoms with Crippen molar-refractivity contribution in [2.45, 2.75) is 58.9 Å². The van der Waals surface area contributed by atoms with Crippen molar-refractivity contribution in [2.24, 2.45) is 5.41 Å². The fourth-order valence-electron chi connectivity index (χ4n) is 4.55. The fraction of sp³-hybridized carbons (Fsp3) is 0.591. The minimum Gasteiger partial charge on any atom is -0.356 e. The zero-order valence-electron chi connectivity index (χ0n) is 17.6.